The summed E-state index contributed by atoms with van der Waals surface area (Å²) in [4.78, 5) is 0. The monoisotopic (exact) mass is 137 g/mol. The Bertz CT molecular complexity index is 37.4. The molecule has 0 aromatic heterocycles. The van der Waals surface area contributed by atoms with Crippen LogP contribution in [0.2, 0.25) is 0 Å². The minimum Gasteiger partial charge on any atom is -0.395 e. The number of hydrogen-bond acceptors (Lipinski definition) is 2. The zero-order chi connectivity index (χ0) is 6.24. The third kappa shape index (κ3) is 6.21. The van der Waals surface area contributed by atoms with Crippen molar-refractivity contribution in [1.29, 1.82) is 0 Å². The number of hydrogen-bond donors (Lipinski definition) is 2. The van der Waals surface area contributed by atoms with Crippen molar-refractivity contribution in [3.63, 3.8) is 0 Å². The summed E-state index contributed by atoms with van der Waals surface area (Å²) in [6.45, 7) is 1.79. The van der Waals surface area contributed by atoms with Crippen LogP contribution < -0.4 is 5.32 Å². The minimum absolute atomic E-state index is 0.211. The molecule has 0 aliphatic rings. The Balaban J connectivity index is 2.53. The number of halogens is 1. The van der Waals surface area contributed by atoms with Crippen LogP contribution in [0.25, 0.3) is 0 Å². The molecule has 50 valence electrons. The average Bonchev–Trinajstić information content (AvgIpc) is 1.81. The number of aliphatic hydroxyl groups excluding tert-OH is 1. The highest BCUT2D eigenvalue weighted by Crippen LogP contribution is 1.79. The molecule has 8 heavy (non-hydrogen) atoms. The van der Waals surface area contributed by atoms with E-state index >= 15 is 0 Å². The number of alkyl halides is 1. The van der Waals surface area contributed by atoms with Gasteiger partial charge in [-0.25, -0.2) is 0 Å². The van der Waals surface area contributed by atoms with Gasteiger partial charge in [-0.15, -0.1) is 11.6 Å². The van der Waals surface area contributed by atoms with Crippen LogP contribution in [0.3, 0.4) is 0 Å². The van der Waals surface area contributed by atoms with E-state index in [9.17, 15) is 0 Å². The predicted molar refractivity (Wildman–Crippen MR) is 35.3 cm³/mol. The fraction of sp³-hybridized carbons (Fsp3) is 1.00. The summed E-state index contributed by atoms with van der Waals surface area (Å²) in [5.41, 5.74) is 0. The van der Waals surface area contributed by atoms with Crippen LogP contribution in [0.1, 0.15) is 6.42 Å². The van der Waals surface area contributed by atoms with E-state index < -0.39 is 0 Å². The van der Waals surface area contributed by atoms with E-state index in [0.717, 1.165) is 13.0 Å². The van der Waals surface area contributed by atoms with Crippen molar-refractivity contribution in [3.05, 3.63) is 0 Å². The van der Waals surface area contributed by atoms with Crippen LogP contribution in [0.15, 0.2) is 0 Å². The molecule has 0 saturated heterocycles. The van der Waals surface area contributed by atoms with Crippen molar-refractivity contribution in [2.45, 2.75) is 6.42 Å². The molecule has 0 aromatic carbocycles. The normalized spacial score (nSPS) is 9.75. The van der Waals surface area contributed by atoms with E-state index in [1.165, 1.54) is 0 Å². The van der Waals surface area contributed by atoms with Gasteiger partial charge in [-0.2, -0.15) is 0 Å². The molecular formula is C5H12ClNO. The Morgan fingerprint density at radius 3 is 2.62 bits per heavy atom. The summed E-state index contributed by atoms with van der Waals surface area (Å²) in [7, 11) is 0. The maximum Gasteiger partial charge on any atom is 0.0555 e. The summed E-state index contributed by atoms with van der Waals surface area (Å²) < 4.78 is 0. The van der Waals surface area contributed by atoms with Crippen LogP contribution >= 0.6 is 11.6 Å². The maximum absolute atomic E-state index is 8.27. The molecule has 0 fully saturated rings. The molecule has 0 unspecified atom stereocenters. The minimum atomic E-state index is 0.211. The molecule has 0 amide bonds. The summed E-state index contributed by atoms with van der Waals surface area (Å²) in [6.07, 6.45) is 0.974. The van der Waals surface area contributed by atoms with Crippen LogP contribution in [0.4, 0.5) is 0 Å². The second kappa shape index (κ2) is 7.21. The van der Waals surface area contributed by atoms with E-state index in [2.05, 4.69) is 5.32 Å². The molecule has 0 spiro atoms. The van der Waals surface area contributed by atoms with Gasteiger partial charge in [-0.1, -0.05) is 0 Å². The first-order valence-corrected chi connectivity index (χ1v) is 3.33. The lowest BCUT2D eigenvalue weighted by Crippen LogP contribution is -2.19. The summed E-state index contributed by atoms with van der Waals surface area (Å²) in [5.74, 6) is 0.693. The van der Waals surface area contributed by atoms with E-state index in [4.69, 9.17) is 16.7 Å². The van der Waals surface area contributed by atoms with E-state index in [1.54, 1.807) is 0 Å². The Hall–Kier alpha value is 0.210. The van der Waals surface area contributed by atoms with Gasteiger partial charge in [0.1, 0.15) is 0 Å². The van der Waals surface area contributed by atoms with Gasteiger partial charge in [-0.3, -0.25) is 0 Å². The molecule has 0 heterocycles. The van der Waals surface area contributed by atoms with Gasteiger partial charge < -0.3 is 10.4 Å². The predicted octanol–water partition coefficient (Wildman–Crippen LogP) is 0.197. The molecule has 0 aliphatic heterocycles. The first-order valence-electron chi connectivity index (χ1n) is 2.79. The molecule has 2 nitrogen and oxygen atoms in total. The second-order valence-corrected chi connectivity index (χ2v) is 1.89. The van der Waals surface area contributed by atoms with Gasteiger partial charge in [0.2, 0.25) is 0 Å². The van der Waals surface area contributed by atoms with Crippen LogP contribution in [0, 0.1) is 0 Å². The van der Waals surface area contributed by atoms with Crippen molar-refractivity contribution in [3.8, 4) is 0 Å². The van der Waals surface area contributed by atoms with Crippen LogP contribution in [0.5, 0.6) is 0 Å². The smallest absolute Gasteiger partial charge is 0.0555 e. The Morgan fingerprint density at radius 2 is 2.12 bits per heavy atom. The molecule has 0 radical (unpaired) electrons. The SMILES string of the molecule is OCCNCCCCl. The molecule has 0 aromatic rings. The van der Waals surface area contributed by atoms with Crippen molar-refractivity contribution in [2.75, 3.05) is 25.6 Å². The van der Waals surface area contributed by atoms with Gasteiger partial charge in [0.25, 0.3) is 0 Å². The molecule has 0 atom stereocenters. The molecule has 2 N–H and O–H groups in total. The number of nitrogens with one attached hydrogen (secondary N) is 1. The zero-order valence-corrected chi connectivity index (χ0v) is 5.62. The lowest BCUT2D eigenvalue weighted by molar-refractivity contribution is 0.292. The van der Waals surface area contributed by atoms with Gasteiger partial charge in [0, 0.05) is 12.4 Å². The van der Waals surface area contributed by atoms with Gasteiger partial charge in [0.05, 0.1) is 6.61 Å². The Morgan fingerprint density at radius 1 is 1.38 bits per heavy atom. The highest BCUT2D eigenvalue weighted by molar-refractivity contribution is 6.17. The van der Waals surface area contributed by atoms with E-state index in [1.807, 2.05) is 0 Å². The molecule has 0 rings (SSSR count). The van der Waals surface area contributed by atoms with Crippen molar-refractivity contribution in [1.82, 2.24) is 5.32 Å². The van der Waals surface area contributed by atoms with Crippen molar-refractivity contribution in [2.24, 2.45) is 0 Å². The Kier molecular flexibility index (Phi) is 7.40. The third-order valence-corrected chi connectivity index (χ3v) is 1.04. The van der Waals surface area contributed by atoms with Crippen molar-refractivity contribution >= 4 is 11.6 Å². The summed E-state index contributed by atoms with van der Waals surface area (Å²) in [6, 6.07) is 0. The molecular weight excluding hydrogens is 126 g/mol. The third-order valence-electron chi connectivity index (χ3n) is 0.776. The molecule has 0 bridgehead atoms. The topological polar surface area (TPSA) is 32.3 Å². The van der Waals surface area contributed by atoms with Crippen LogP contribution in [-0.2, 0) is 0 Å². The number of rotatable bonds is 5. The van der Waals surface area contributed by atoms with Gasteiger partial charge in [-0.05, 0) is 13.0 Å². The van der Waals surface area contributed by atoms with Crippen molar-refractivity contribution < 1.29 is 5.11 Å². The fourth-order valence-electron chi connectivity index (χ4n) is 0.396. The molecule has 3 heteroatoms. The lowest BCUT2D eigenvalue weighted by atomic mass is 10.5. The average molecular weight is 138 g/mol. The van der Waals surface area contributed by atoms with E-state index in [-0.39, 0.29) is 6.61 Å². The number of aliphatic hydroxyl groups is 1. The second-order valence-electron chi connectivity index (χ2n) is 1.52. The summed E-state index contributed by atoms with van der Waals surface area (Å²) >= 11 is 5.38. The van der Waals surface area contributed by atoms with Gasteiger partial charge >= 0.3 is 0 Å². The standard InChI is InChI=1S/C5H12ClNO/c6-2-1-3-7-4-5-8/h7-8H,1-5H2. The highest BCUT2D eigenvalue weighted by Gasteiger charge is 1.82. The quantitative estimate of drug-likeness (QED) is 0.419. The Labute approximate surface area is 54.8 Å². The zero-order valence-electron chi connectivity index (χ0n) is 4.86. The summed E-state index contributed by atoms with van der Waals surface area (Å²) in [5, 5.41) is 11.3. The van der Waals surface area contributed by atoms with E-state index in [0.29, 0.717) is 12.4 Å². The molecule has 0 saturated carbocycles. The van der Waals surface area contributed by atoms with Gasteiger partial charge in [0.15, 0.2) is 0 Å². The first-order chi connectivity index (χ1) is 3.91. The fourth-order valence-corrected chi connectivity index (χ4v) is 0.530. The maximum atomic E-state index is 8.27. The highest BCUT2D eigenvalue weighted by atomic mass is 35.5. The largest absolute Gasteiger partial charge is 0.395 e. The molecule has 0 aliphatic carbocycles. The van der Waals surface area contributed by atoms with Crippen LogP contribution in [-0.4, -0.2) is 30.7 Å². The lowest BCUT2D eigenvalue weighted by Gasteiger charge is -1.97. The first kappa shape index (κ1) is 8.21.